The molecular weight excluding hydrogens is 369 g/mol. The SMILES string of the molecule is C[C@H]1CCCCN1C(=O)CN1C(=O)N[C@]2(CCSc3ccc(F)cc32)C1=O. The molecule has 3 aliphatic rings. The Morgan fingerprint density at radius 1 is 1.37 bits per heavy atom. The van der Waals surface area contributed by atoms with E-state index in [9.17, 15) is 18.8 Å². The fraction of sp³-hybridized carbons (Fsp3) is 0.526. The predicted octanol–water partition coefficient (Wildman–Crippen LogP) is 2.47. The number of fused-ring (bicyclic) bond motifs is 2. The summed E-state index contributed by atoms with van der Waals surface area (Å²) in [6.45, 7) is 2.37. The van der Waals surface area contributed by atoms with Crippen molar-refractivity contribution in [1.29, 1.82) is 0 Å². The number of thioether (sulfide) groups is 1. The molecule has 3 heterocycles. The van der Waals surface area contributed by atoms with E-state index in [1.54, 1.807) is 11.0 Å². The number of piperidine rings is 1. The molecule has 2 atom stereocenters. The summed E-state index contributed by atoms with van der Waals surface area (Å²) < 4.78 is 13.8. The Bertz CT molecular complexity index is 817. The number of benzene rings is 1. The number of nitrogens with one attached hydrogen (secondary N) is 1. The number of nitrogens with zero attached hydrogens (tertiary/aromatic N) is 2. The van der Waals surface area contributed by atoms with Crippen molar-refractivity contribution in [2.45, 2.75) is 49.1 Å². The molecular formula is C19H22FN3O3S. The highest BCUT2D eigenvalue weighted by molar-refractivity contribution is 7.99. The van der Waals surface area contributed by atoms with Gasteiger partial charge in [-0.15, -0.1) is 11.8 Å². The van der Waals surface area contributed by atoms with Gasteiger partial charge in [0.25, 0.3) is 5.91 Å². The third kappa shape index (κ3) is 2.99. The number of hydrogen-bond acceptors (Lipinski definition) is 4. The fourth-order valence-corrected chi connectivity index (χ4v) is 5.41. The Morgan fingerprint density at radius 3 is 2.96 bits per heavy atom. The fourth-order valence-electron chi connectivity index (χ4n) is 4.23. The quantitative estimate of drug-likeness (QED) is 0.787. The molecule has 4 amide bonds. The van der Waals surface area contributed by atoms with Crippen molar-refractivity contribution < 1.29 is 18.8 Å². The number of rotatable bonds is 2. The zero-order chi connectivity index (χ0) is 19.2. The lowest BCUT2D eigenvalue weighted by Crippen LogP contribution is -2.49. The van der Waals surface area contributed by atoms with Crippen LogP contribution < -0.4 is 5.32 Å². The molecule has 0 bridgehead atoms. The van der Waals surface area contributed by atoms with Crippen LogP contribution in [0.25, 0.3) is 0 Å². The van der Waals surface area contributed by atoms with E-state index in [4.69, 9.17) is 0 Å². The van der Waals surface area contributed by atoms with Crippen molar-refractivity contribution >= 4 is 29.6 Å². The Labute approximate surface area is 161 Å². The van der Waals surface area contributed by atoms with Crippen LogP contribution >= 0.6 is 11.8 Å². The number of urea groups is 1. The normalized spacial score (nSPS) is 27.7. The van der Waals surface area contributed by atoms with Gasteiger partial charge in [-0.25, -0.2) is 9.18 Å². The van der Waals surface area contributed by atoms with Gasteiger partial charge in [0.1, 0.15) is 17.9 Å². The Kier molecular flexibility index (Phi) is 4.61. The highest BCUT2D eigenvalue weighted by atomic mass is 32.2. The van der Waals surface area contributed by atoms with Gasteiger partial charge in [-0.1, -0.05) is 0 Å². The van der Waals surface area contributed by atoms with E-state index in [1.807, 2.05) is 6.92 Å². The smallest absolute Gasteiger partial charge is 0.325 e. The summed E-state index contributed by atoms with van der Waals surface area (Å²) in [4.78, 5) is 42.0. The van der Waals surface area contributed by atoms with Crippen molar-refractivity contribution in [3.8, 4) is 0 Å². The zero-order valence-corrected chi connectivity index (χ0v) is 16.0. The van der Waals surface area contributed by atoms with E-state index < -0.39 is 23.3 Å². The van der Waals surface area contributed by atoms with E-state index in [-0.39, 0.29) is 18.5 Å². The highest BCUT2D eigenvalue weighted by Crippen LogP contribution is 2.44. The van der Waals surface area contributed by atoms with Crippen molar-refractivity contribution in [2.75, 3.05) is 18.8 Å². The van der Waals surface area contributed by atoms with Gasteiger partial charge in [0, 0.05) is 28.8 Å². The molecule has 0 radical (unpaired) electrons. The summed E-state index contributed by atoms with van der Waals surface area (Å²) >= 11 is 1.54. The molecule has 3 aliphatic heterocycles. The number of carbonyl (C=O) groups is 3. The maximum atomic E-state index is 13.8. The molecule has 1 spiro atoms. The van der Waals surface area contributed by atoms with Crippen LogP contribution in [-0.4, -0.2) is 52.5 Å². The third-order valence-corrected chi connectivity index (χ3v) is 6.80. The predicted molar refractivity (Wildman–Crippen MR) is 98.7 cm³/mol. The van der Waals surface area contributed by atoms with Crippen LogP contribution in [0.5, 0.6) is 0 Å². The van der Waals surface area contributed by atoms with E-state index in [0.717, 1.165) is 29.1 Å². The Balaban J connectivity index is 1.60. The maximum absolute atomic E-state index is 13.8. The maximum Gasteiger partial charge on any atom is 0.325 e. The minimum Gasteiger partial charge on any atom is -0.338 e. The topological polar surface area (TPSA) is 69.7 Å². The first-order valence-electron chi connectivity index (χ1n) is 9.29. The average molecular weight is 391 g/mol. The number of likely N-dealkylation sites (tertiary alicyclic amines) is 1. The second-order valence-electron chi connectivity index (χ2n) is 7.40. The van der Waals surface area contributed by atoms with Gasteiger partial charge in [-0.05, 0) is 50.8 Å². The van der Waals surface area contributed by atoms with Gasteiger partial charge in [0.05, 0.1) is 0 Å². The van der Waals surface area contributed by atoms with Crippen molar-refractivity contribution in [3.05, 3.63) is 29.6 Å². The molecule has 0 saturated carbocycles. The first-order chi connectivity index (χ1) is 12.9. The van der Waals surface area contributed by atoms with Gasteiger partial charge in [0.15, 0.2) is 0 Å². The van der Waals surface area contributed by atoms with Gasteiger partial charge >= 0.3 is 6.03 Å². The van der Waals surface area contributed by atoms with Gasteiger partial charge in [-0.2, -0.15) is 0 Å². The summed E-state index contributed by atoms with van der Waals surface area (Å²) in [5, 5.41) is 2.76. The second-order valence-corrected chi connectivity index (χ2v) is 8.53. The molecule has 144 valence electrons. The van der Waals surface area contributed by atoms with Crippen molar-refractivity contribution in [3.63, 3.8) is 0 Å². The van der Waals surface area contributed by atoms with Gasteiger partial charge < -0.3 is 10.2 Å². The molecule has 1 aromatic carbocycles. The molecule has 0 unspecified atom stereocenters. The van der Waals surface area contributed by atoms with Crippen LogP contribution in [0.3, 0.4) is 0 Å². The molecule has 8 heteroatoms. The molecule has 2 fully saturated rings. The van der Waals surface area contributed by atoms with Crippen LogP contribution in [0.4, 0.5) is 9.18 Å². The second kappa shape index (κ2) is 6.82. The monoisotopic (exact) mass is 391 g/mol. The van der Waals surface area contributed by atoms with Crippen LogP contribution in [0.15, 0.2) is 23.1 Å². The molecule has 0 aliphatic carbocycles. The number of amides is 4. The van der Waals surface area contributed by atoms with Crippen LogP contribution in [0.2, 0.25) is 0 Å². The van der Waals surface area contributed by atoms with Crippen molar-refractivity contribution in [1.82, 2.24) is 15.1 Å². The van der Waals surface area contributed by atoms with E-state index in [0.29, 0.717) is 24.3 Å². The molecule has 4 rings (SSSR count). The van der Waals surface area contributed by atoms with Crippen LogP contribution in [0.1, 0.15) is 38.2 Å². The number of imide groups is 1. The Hall–Kier alpha value is -2.09. The largest absolute Gasteiger partial charge is 0.338 e. The summed E-state index contributed by atoms with van der Waals surface area (Å²) in [5.74, 6) is -0.491. The zero-order valence-electron chi connectivity index (χ0n) is 15.2. The van der Waals surface area contributed by atoms with Crippen LogP contribution in [-0.2, 0) is 15.1 Å². The lowest BCUT2D eigenvalue weighted by atomic mass is 9.86. The molecule has 1 N–H and O–H groups in total. The molecule has 0 aromatic heterocycles. The highest BCUT2D eigenvalue weighted by Gasteiger charge is 2.55. The summed E-state index contributed by atoms with van der Waals surface area (Å²) in [5.41, 5.74) is -0.786. The van der Waals surface area contributed by atoms with Gasteiger partial charge in [0.2, 0.25) is 5.91 Å². The number of hydrogen-bond donors (Lipinski definition) is 1. The minimum atomic E-state index is -1.27. The third-order valence-electron chi connectivity index (χ3n) is 5.73. The lowest BCUT2D eigenvalue weighted by Gasteiger charge is -2.35. The first kappa shape index (κ1) is 18.3. The number of carbonyl (C=O) groups excluding carboxylic acids is 3. The molecule has 27 heavy (non-hydrogen) atoms. The number of halogens is 1. The van der Waals surface area contributed by atoms with Gasteiger partial charge in [-0.3, -0.25) is 14.5 Å². The summed E-state index contributed by atoms with van der Waals surface area (Å²) in [6, 6.07) is 3.84. The molecule has 2 saturated heterocycles. The van der Waals surface area contributed by atoms with Crippen molar-refractivity contribution in [2.24, 2.45) is 0 Å². The lowest BCUT2D eigenvalue weighted by molar-refractivity contribution is -0.141. The van der Waals surface area contributed by atoms with E-state index >= 15 is 0 Å². The van der Waals surface area contributed by atoms with E-state index in [1.165, 1.54) is 23.9 Å². The standard InChI is InChI=1S/C19H22FN3O3S/c1-12-4-2-3-8-22(12)16(24)11-23-17(25)19(21-18(23)26)7-9-27-15-6-5-13(20)10-14(15)19/h5-6,10,12H,2-4,7-9,11H2,1H3,(H,21,26)/t12-,19-/m0/s1. The average Bonchev–Trinajstić information content (AvgIpc) is 2.88. The minimum absolute atomic E-state index is 0.113. The Morgan fingerprint density at radius 2 is 2.19 bits per heavy atom. The van der Waals surface area contributed by atoms with E-state index in [2.05, 4.69) is 5.32 Å². The molecule has 6 nitrogen and oxygen atoms in total. The summed E-state index contributed by atoms with van der Waals surface area (Å²) in [7, 11) is 0. The summed E-state index contributed by atoms with van der Waals surface area (Å²) in [6.07, 6.45) is 3.32. The van der Waals surface area contributed by atoms with Crippen LogP contribution in [0, 0.1) is 5.82 Å². The first-order valence-corrected chi connectivity index (χ1v) is 10.3. The molecule has 1 aromatic rings.